The van der Waals surface area contributed by atoms with Crippen LogP contribution in [0.5, 0.6) is 11.5 Å². The highest BCUT2D eigenvalue weighted by Crippen LogP contribution is 2.23. The van der Waals surface area contributed by atoms with Gasteiger partial charge in [-0.25, -0.2) is 5.43 Å². The first kappa shape index (κ1) is 20.1. The number of anilines is 1. The molecule has 0 aliphatic rings. The third kappa shape index (κ3) is 5.67. The topological polar surface area (TPSA) is 79.8 Å². The maximum atomic E-state index is 12.0. The van der Waals surface area contributed by atoms with Crippen molar-refractivity contribution in [2.45, 2.75) is 6.92 Å². The maximum Gasteiger partial charge on any atom is 0.329 e. The van der Waals surface area contributed by atoms with Crippen LogP contribution in [0.3, 0.4) is 0 Å². The minimum atomic E-state index is -0.891. The first-order valence-electron chi connectivity index (χ1n) is 8.75. The molecule has 0 spiro atoms. The Kier molecular flexibility index (Phi) is 6.60. The molecule has 0 atom stereocenters. The number of para-hydroxylation sites is 1. The number of carbonyl (C=O) groups excluding carboxylic acids is 2. The summed E-state index contributed by atoms with van der Waals surface area (Å²) in [5, 5.41) is 6.83. The lowest BCUT2D eigenvalue weighted by molar-refractivity contribution is -0.136. The monoisotopic (exact) mass is 407 g/mol. The van der Waals surface area contributed by atoms with Gasteiger partial charge in [0.05, 0.1) is 6.21 Å². The van der Waals surface area contributed by atoms with Crippen LogP contribution in [0.2, 0.25) is 5.02 Å². The highest BCUT2D eigenvalue weighted by atomic mass is 35.5. The van der Waals surface area contributed by atoms with Crippen LogP contribution in [0.1, 0.15) is 11.1 Å². The molecule has 0 heterocycles. The summed E-state index contributed by atoms with van der Waals surface area (Å²) in [7, 11) is 0. The van der Waals surface area contributed by atoms with Crippen LogP contribution in [-0.4, -0.2) is 18.0 Å². The third-order valence-corrected chi connectivity index (χ3v) is 4.35. The molecular weight excluding hydrogens is 390 g/mol. The molecule has 0 radical (unpaired) electrons. The predicted octanol–water partition coefficient (Wildman–Crippen LogP) is 4.53. The Hall–Kier alpha value is -3.64. The first-order valence-corrected chi connectivity index (χ1v) is 9.13. The highest BCUT2D eigenvalue weighted by molar-refractivity contribution is 6.40. The summed E-state index contributed by atoms with van der Waals surface area (Å²) in [5.74, 6) is -0.394. The van der Waals surface area contributed by atoms with E-state index in [1.165, 1.54) is 6.21 Å². The molecule has 7 heteroatoms. The SMILES string of the molecule is Cc1c(Cl)cccc1NC(=O)C(=O)N/N=C/c1cccc(Oc2ccccc2)c1. The smallest absolute Gasteiger partial charge is 0.329 e. The molecule has 0 aromatic heterocycles. The molecule has 6 nitrogen and oxygen atoms in total. The van der Waals surface area contributed by atoms with E-state index in [0.29, 0.717) is 33.3 Å². The van der Waals surface area contributed by atoms with E-state index in [4.69, 9.17) is 16.3 Å². The Bertz CT molecular complexity index is 1050. The number of hydrazone groups is 1. The Labute approximate surface area is 173 Å². The van der Waals surface area contributed by atoms with Gasteiger partial charge in [-0.3, -0.25) is 9.59 Å². The Morgan fingerprint density at radius 3 is 2.45 bits per heavy atom. The Balaban J connectivity index is 1.57. The van der Waals surface area contributed by atoms with Crippen molar-refractivity contribution in [2.75, 3.05) is 5.32 Å². The van der Waals surface area contributed by atoms with Crippen LogP contribution in [0.4, 0.5) is 5.69 Å². The number of nitrogens with zero attached hydrogens (tertiary/aromatic N) is 1. The molecule has 2 N–H and O–H groups in total. The minimum absolute atomic E-state index is 0.465. The van der Waals surface area contributed by atoms with Gasteiger partial charge in [-0.1, -0.05) is 48.0 Å². The van der Waals surface area contributed by atoms with Crippen molar-refractivity contribution in [1.29, 1.82) is 0 Å². The summed E-state index contributed by atoms with van der Waals surface area (Å²) >= 11 is 6.01. The van der Waals surface area contributed by atoms with E-state index >= 15 is 0 Å². The standard InChI is InChI=1S/C22H18ClN3O3/c1-15-19(23)11-6-12-20(15)25-21(27)22(28)26-24-14-16-7-5-10-18(13-16)29-17-8-3-2-4-9-17/h2-14H,1H3,(H,25,27)(H,26,28)/b24-14+. The van der Waals surface area contributed by atoms with Crippen LogP contribution in [-0.2, 0) is 9.59 Å². The van der Waals surface area contributed by atoms with Gasteiger partial charge in [0, 0.05) is 10.7 Å². The average Bonchev–Trinajstić information content (AvgIpc) is 2.72. The van der Waals surface area contributed by atoms with Gasteiger partial charge in [-0.05, 0) is 54.4 Å². The zero-order chi connectivity index (χ0) is 20.6. The van der Waals surface area contributed by atoms with Crippen LogP contribution in [0.15, 0.2) is 77.9 Å². The van der Waals surface area contributed by atoms with Crippen molar-refractivity contribution in [2.24, 2.45) is 5.10 Å². The number of carbonyl (C=O) groups is 2. The summed E-state index contributed by atoms with van der Waals surface area (Å²) < 4.78 is 5.75. The number of amides is 2. The lowest BCUT2D eigenvalue weighted by Crippen LogP contribution is -2.32. The molecule has 0 saturated heterocycles. The average molecular weight is 408 g/mol. The van der Waals surface area contributed by atoms with E-state index in [0.717, 1.165) is 0 Å². The summed E-state index contributed by atoms with van der Waals surface area (Å²) in [5.41, 5.74) is 4.04. The molecule has 146 valence electrons. The quantitative estimate of drug-likeness (QED) is 0.370. The fraction of sp³-hybridized carbons (Fsp3) is 0.0455. The number of rotatable bonds is 5. The van der Waals surface area contributed by atoms with E-state index in [1.807, 2.05) is 36.4 Å². The van der Waals surface area contributed by atoms with Gasteiger partial charge in [0.2, 0.25) is 0 Å². The van der Waals surface area contributed by atoms with Gasteiger partial charge in [0.1, 0.15) is 11.5 Å². The molecule has 0 fully saturated rings. The zero-order valence-electron chi connectivity index (χ0n) is 15.6. The predicted molar refractivity (Wildman–Crippen MR) is 114 cm³/mol. The minimum Gasteiger partial charge on any atom is -0.457 e. The number of hydrogen-bond donors (Lipinski definition) is 2. The Morgan fingerprint density at radius 2 is 1.66 bits per heavy atom. The van der Waals surface area contributed by atoms with E-state index in [9.17, 15) is 9.59 Å². The van der Waals surface area contributed by atoms with Crippen LogP contribution < -0.4 is 15.5 Å². The Morgan fingerprint density at radius 1 is 0.931 bits per heavy atom. The second-order valence-corrected chi connectivity index (χ2v) is 6.46. The largest absolute Gasteiger partial charge is 0.457 e. The van der Waals surface area contributed by atoms with Crippen molar-refractivity contribution in [1.82, 2.24) is 5.43 Å². The third-order valence-electron chi connectivity index (χ3n) is 3.94. The summed E-state index contributed by atoms with van der Waals surface area (Å²) in [6.45, 7) is 1.75. The molecular formula is C22H18ClN3O3. The van der Waals surface area contributed by atoms with Gasteiger partial charge in [0.25, 0.3) is 0 Å². The maximum absolute atomic E-state index is 12.0. The molecule has 2 amide bonds. The molecule has 0 saturated carbocycles. The molecule has 0 aliphatic heterocycles. The zero-order valence-corrected chi connectivity index (χ0v) is 16.3. The normalized spacial score (nSPS) is 10.6. The van der Waals surface area contributed by atoms with Gasteiger partial charge >= 0.3 is 11.8 Å². The van der Waals surface area contributed by atoms with Crippen LogP contribution in [0.25, 0.3) is 0 Å². The van der Waals surface area contributed by atoms with Crippen LogP contribution in [0, 0.1) is 6.92 Å². The summed E-state index contributed by atoms with van der Waals surface area (Å²) in [4.78, 5) is 24.0. The second kappa shape index (κ2) is 9.52. The van der Waals surface area contributed by atoms with Crippen molar-refractivity contribution in [3.05, 3.63) is 88.9 Å². The lowest BCUT2D eigenvalue weighted by Gasteiger charge is -2.08. The van der Waals surface area contributed by atoms with Gasteiger partial charge in [-0.15, -0.1) is 0 Å². The summed E-state index contributed by atoms with van der Waals surface area (Å²) in [6, 6.07) is 21.6. The number of nitrogens with one attached hydrogen (secondary N) is 2. The number of ether oxygens (including phenoxy) is 1. The number of benzene rings is 3. The van der Waals surface area contributed by atoms with E-state index in [-0.39, 0.29) is 0 Å². The number of hydrogen-bond acceptors (Lipinski definition) is 4. The first-order chi connectivity index (χ1) is 14.0. The van der Waals surface area contributed by atoms with E-state index in [2.05, 4.69) is 15.8 Å². The molecule has 3 aromatic carbocycles. The highest BCUT2D eigenvalue weighted by Gasteiger charge is 2.14. The molecule has 0 unspecified atom stereocenters. The van der Waals surface area contributed by atoms with Crippen molar-refractivity contribution < 1.29 is 14.3 Å². The number of halogens is 1. The molecule has 3 rings (SSSR count). The van der Waals surface area contributed by atoms with Gasteiger partial charge < -0.3 is 10.1 Å². The molecule has 3 aromatic rings. The van der Waals surface area contributed by atoms with Crippen LogP contribution >= 0.6 is 11.6 Å². The van der Waals surface area contributed by atoms with E-state index in [1.54, 1.807) is 43.3 Å². The fourth-order valence-corrected chi connectivity index (χ4v) is 2.60. The summed E-state index contributed by atoms with van der Waals surface area (Å²) in [6.07, 6.45) is 1.42. The van der Waals surface area contributed by atoms with E-state index < -0.39 is 11.8 Å². The fourth-order valence-electron chi connectivity index (χ4n) is 2.42. The second-order valence-electron chi connectivity index (χ2n) is 6.05. The lowest BCUT2D eigenvalue weighted by atomic mass is 10.2. The van der Waals surface area contributed by atoms with Gasteiger partial charge in [0.15, 0.2) is 0 Å². The molecule has 0 bridgehead atoms. The van der Waals surface area contributed by atoms with Crippen molar-refractivity contribution in [3.8, 4) is 11.5 Å². The van der Waals surface area contributed by atoms with Crippen molar-refractivity contribution >= 4 is 35.3 Å². The van der Waals surface area contributed by atoms with Gasteiger partial charge in [-0.2, -0.15) is 5.10 Å². The molecule has 29 heavy (non-hydrogen) atoms. The van der Waals surface area contributed by atoms with Crippen molar-refractivity contribution in [3.63, 3.8) is 0 Å². The molecule has 0 aliphatic carbocycles.